The highest BCUT2D eigenvalue weighted by Crippen LogP contribution is 2.19. The zero-order valence-corrected chi connectivity index (χ0v) is 10.1. The molecule has 0 radical (unpaired) electrons. The van der Waals surface area contributed by atoms with Gasteiger partial charge in [-0.25, -0.2) is 4.79 Å². The van der Waals surface area contributed by atoms with Gasteiger partial charge in [-0.15, -0.1) is 0 Å². The van der Waals surface area contributed by atoms with E-state index in [4.69, 9.17) is 5.73 Å². The van der Waals surface area contributed by atoms with Crippen molar-refractivity contribution in [2.24, 2.45) is 5.73 Å². The Morgan fingerprint density at radius 3 is 2.17 bits per heavy atom. The van der Waals surface area contributed by atoms with Crippen molar-refractivity contribution < 1.29 is 4.79 Å². The van der Waals surface area contributed by atoms with E-state index in [1.807, 2.05) is 18.2 Å². The number of carbonyl (C=O) groups is 1. The van der Waals surface area contributed by atoms with Crippen molar-refractivity contribution in [2.75, 3.05) is 6.54 Å². The minimum absolute atomic E-state index is 0.476. The molecule has 0 aliphatic heterocycles. The van der Waals surface area contributed by atoms with Crippen LogP contribution in [0.3, 0.4) is 0 Å². The number of hydrogen-bond acceptors (Lipinski definition) is 1. The Morgan fingerprint density at radius 2 is 1.56 bits per heavy atom. The van der Waals surface area contributed by atoms with E-state index in [1.54, 1.807) is 0 Å². The Hall–Kier alpha value is -2.29. The molecule has 0 spiro atoms. The Morgan fingerprint density at radius 1 is 0.944 bits per heavy atom. The van der Waals surface area contributed by atoms with E-state index < -0.39 is 6.03 Å². The number of nitrogens with one attached hydrogen (secondary N) is 1. The van der Waals surface area contributed by atoms with Gasteiger partial charge in [0, 0.05) is 6.54 Å². The van der Waals surface area contributed by atoms with Crippen molar-refractivity contribution in [3.05, 3.63) is 60.2 Å². The van der Waals surface area contributed by atoms with Crippen LogP contribution in [0, 0.1) is 0 Å². The minimum Gasteiger partial charge on any atom is -0.352 e. The fraction of sp³-hybridized carbons (Fsp3) is 0.133. The van der Waals surface area contributed by atoms with Gasteiger partial charge < -0.3 is 11.1 Å². The zero-order chi connectivity index (χ0) is 12.8. The van der Waals surface area contributed by atoms with Gasteiger partial charge in [-0.3, -0.25) is 0 Å². The number of nitrogens with two attached hydrogens (primary N) is 1. The van der Waals surface area contributed by atoms with Crippen LogP contribution in [0.2, 0.25) is 0 Å². The monoisotopic (exact) mass is 240 g/mol. The van der Waals surface area contributed by atoms with Gasteiger partial charge >= 0.3 is 6.03 Å². The van der Waals surface area contributed by atoms with Crippen molar-refractivity contribution in [3.8, 4) is 11.1 Å². The average molecular weight is 240 g/mol. The first kappa shape index (κ1) is 12.2. The standard InChI is InChI=1S/C15H16N2O/c16-15(18)17-11-10-12-6-8-14(9-7-12)13-4-2-1-3-5-13/h1-9H,10-11H2,(H3,16,17,18). The summed E-state index contributed by atoms with van der Waals surface area (Å²) < 4.78 is 0. The molecule has 0 aromatic heterocycles. The molecule has 92 valence electrons. The molecule has 0 aliphatic rings. The molecular formula is C15H16N2O. The summed E-state index contributed by atoms with van der Waals surface area (Å²) >= 11 is 0. The van der Waals surface area contributed by atoms with Crippen molar-refractivity contribution >= 4 is 6.03 Å². The Balaban J connectivity index is 2.00. The van der Waals surface area contributed by atoms with E-state index in [1.165, 1.54) is 16.7 Å². The summed E-state index contributed by atoms with van der Waals surface area (Å²) in [4.78, 5) is 10.5. The third-order valence-corrected chi connectivity index (χ3v) is 2.77. The average Bonchev–Trinajstić information content (AvgIpc) is 2.40. The molecule has 18 heavy (non-hydrogen) atoms. The number of carbonyl (C=O) groups excluding carboxylic acids is 1. The van der Waals surface area contributed by atoms with Crippen LogP contribution >= 0.6 is 0 Å². The second-order valence-corrected chi connectivity index (χ2v) is 4.10. The summed E-state index contributed by atoms with van der Waals surface area (Å²) in [6.45, 7) is 0.569. The summed E-state index contributed by atoms with van der Waals surface area (Å²) in [6, 6.07) is 18.1. The Labute approximate surface area is 107 Å². The molecule has 0 heterocycles. The summed E-state index contributed by atoms with van der Waals surface area (Å²) in [5.41, 5.74) is 8.59. The molecule has 3 heteroatoms. The number of urea groups is 1. The van der Waals surface area contributed by atoms with Crippen molar-refractivity contribution in [2.45, 2.75) is 6.42 Å². The molecular weight excluding hydrogens is 224 g/mol. The first-order valence-electron chi connectivity index (χ1n) is 5.93. The summed E-state index contributed by atoms with van der Waals surface area (Å²) in [6.07, 6.45) is 0.790. The van der Waals surface area contributed by atoms with Gasteiger partial charge in [0.25, 0.3) is 0 Å². The van der Waals surface area contributed by atoms with Gasteiger partial charge in [0.05, 0.1) is 0 Å². The van der Waals surface area contributed by atoms with Gasteiger partial charge in [-0.2, -0.15) is 0 Å². The van der Waals surface area contributed by atoms with E-state index in [0.717, 1.165) is 6.42 Å². The molecule has 3 nitrogen and oxygen atoms in total. The molecule has 0 aliphatic carbocycles. The third-order valence-electron chi connectivity index (χ3n) is 2.77. The predicted molar refractivity (Wildman–Crippen MR) is 73.2 cm³/mol. The number of benzene rings is 2. The summed E-state index contributed by atoms with van der Waals surface area (Å²) in [5.74, 6) is 0. The lowest BCUT2D eigenvalue weighted by atomic mass is 10.0. The van der Waals surface area contributed by atoms with Gasteiger partial charge in [-0.05, 0) is 23.1 Å². The van der Waals surface area contributed by atoms with E-state index in [0.29, 0.717) is 6.54 Å². The Kier molecular flexibility index (Phi) is 3.97. The van der Waals surface area contributed by atoms with Gasteiger partial charge in [0.1, 0.15) is 0 Å². The Bertz CT molecular complexity index is 506. The summed E-state index contributed by atoms with van der Waals surface area (Å²) in [7, 11) is 0. The van der Waals surface area contributed by atoms with Crippen LogP contribution in [0.5, 0.6) is 0 Å². The molecule has 2 aromatic carbocycles. The van der Waals surface area contributed by atoms with E-state index in [2.05, 4.69) is 41.7 Å². The lowest BCUT2D eigenvalue weighted by molar-refractivity contribution is 0.249. The molecule has 0 saturated carbocycles. The van der Waals surface area contributed by atoms with Gasteiger partial charge in [-0.1, -0.05) is 54.6 Å². The smallest absolute Gasteiger partial charge is 0.312 e. The lowest BCUT2D eigenvalue weighted by Crippen LogP contribution is -2.30. The topological polar surface area (TPSA) is 55.1 Å². The fourth-order valence-electron chi connectivity index (χ4n) is 1.82. The SMILES string of the molecule is NC(=O)NCCc1ccc(-c2ccccc2)cc1. The molecule has 0 bridgehead atoms. The van der Waals surface area contributed by atoms with Crippen LogP contribution in [0.25, 0.3) is 11.1 Å². The second kappa shape index (κ2) is 5.87. The number of hydrogen-bond donors (Lipinski definition) is 2. The van der Waals surface area contributed by atoms with Crippen LogP contribution in [0.1, 0.15) is 5.56 Å². The third kappa shape index (κ3) is 3.35. The van der Waals surface area contributed by atoms with E-state index in [9.17, 15) is 4.79 Å². The molecule has 0 unspecified atom stereocenters. The number of primary amides is 1. The number of amides is 2. The van der Waals surface area contributed by atoms with Crippen LogP contribution in [0.15, 0.2) is 54.6 Å². The predicted octanol–water partition coefficient (Wildman–Crippen LogP) is 2.56. The zero-order valence-electron chi connectivity index (χ0n) is 10.1. The van der Waals surface area contributed by atoms with Crippen LogP contribution in [-0.4, -0.2) is 12.6 Å². The summed E-state index contributed by atoms with van der Waals surface area (Å²) in [5, 5.41) is 2.58. The van der Waals surface area contributed by atoms with Crippen molar-refractivity contribution in [3.63, 3.8) is 0 Å². The molecule has 0 saturated heterocycles. The van der Waals surface area contributed by atoms with E-state index >= 15 is 0 Å². The van der Waals surface area contributed by atoms with Crippen LogP contribution < -0.4 is 11.1 Å². The van der Waals surface area contributed by atoms with Crippen LogP contribution in [0.4, 0.5) is 4.79 Å². The van der Waals surface area contributed by atoms with Crippen molar-refractivity contribution in [1.29, 1.82) is 0 Å². The van der Waals surface area contributed by atoms with Gasteiger partial charge in [0.2, 0.25) is 0 Å². The second-order valence-electron chi connectivity index (χ2n) is 4.10. The quantitative estimate of drug-likeness (QED) is 0.847. The van der Waals surface area contributed by atoms with Crippen LogP contribution in [-0.2, 0) is 6.42 Å². The van der Waals surface area contributed by atoms with Crippen molar-refractivity contribution in [1.82, 2.24) is 5.32 Å². The maximum atomic E-state index is 10.5. The van der Waals surface area contributed by atoms with Gasteiger partial charge in [0.15, 0.2) is 0 Å². The highest BCUT2D eigenvalue weighted by molar-refractivity contribution is 5.71. The maximum absolute atomic E-state index is 10.5. The highest BCUT2D eigenvalue weighted by Gasteiger charge is 1.98. The normalized spacial score (nSPS) is 10.0. The maximum Gasteiger partial charge on any atom is 0.312 e. The largest absolute Gasteiger partial charge is 0.352 e. The lowest BCUT2D eigenvalue weighted by Gasteiger charge is -2.05. The first-order chi connectivity index (χ1) is 8.75. The number of rotatable bonds is 4. The first-order valence-corrected chi connectivity index (χ1v) is 5.93. The molecule has 0 atom stereocenters. The molecule has 0 fully saturated rings. The highest BCUT2D eigenvalue weighted by atomic mass is 16.2. The fourth-order valence-corrected chi connectivity index (χ4v) is 1.82. The molecule has 2 rings (SSSR count). The van der Waals surface area contributed by atoms with E-state index in [-0.39, 0.29) is 0 Å². The molecule has 3 N–H and O–H groups in total. The minimum atomic E-state index is -0.476. The molecule has 2 amide bonds. The molecule has 2 aromatic rings.